The fourth-order valence-corrected chi connectivity index (χ4v) is 6.70. The highest BCUT2D eigenvalue weighted by atomic mass is 127. The molecule has 0 amide bonds. The van der Waals surface area contributed by atoms with Gasteiger partial charge in [-0.1, -0.05) is 24.3 Å². The van der Waals surface area contributed by atoms with Crippen LogP contribution in [0.1, 0.15) is 50.6 Å². The van der Waals surface area contributed by atoms with Gasteiger partial charge >= 0.3 is 25.0 Å². The quantitative estimate of drug-likeness (QED) is 0.0656. The second-order valence-corrected chi connectivity index (χ2v) is 15.2. The number of aryl methyl sites for hydroxylation is 4. The average Bonchev–Trinajstić information content (AvgIpc) is 3.26. The zero-order chi connectivity index (χ0) is 48.3. The predicted molar refractivity (Wildman–Crippen MR) is 236 cm³/mol. The predicted octanol–water partition coefficient (Wildman–Crippen LogP) is 13.2. The molecule has 0 N–H and O–H groups in total. The van der Waals surface area contributed by atoms with Crippen molar-refractivity contribution >= 4 is 34.9 Å². The Labute approximate surface area is 388 Å². The Kier molecular flexibility index (Phi) is 16.7. The Morgan fingerprint density at radius 3 is 1.17 bits per heavy atom. The summed E-state index contributed by atoms with van der Waals surface area (Å²) in [4.78, 5) is 32.5. The Morgan fingerprint density at radius 1 is 0.485 bits per heavy atom. The maximum absolute atomic E-state index is 12.3. The maximum Gasteiger partial charge on any atom is 0.573 e. The lowest BCUT2D eigenvalue weighted by atomic mass is 9.99. The molecule has 0 unspecified atom stereocenters. The molecule has 0 spiro atoms. The smallest absolute Gasteiger partial charge is 0.457 e. The molecule has 0 aliphatic carbocycles. The molecule has 0 bridgehead atoms. The first-order valence-corrected chi connectivity index (χ1v) is 20.6. The van der Waals surface area contributed by atoms with Crippen molar-refractivity contribution in [2.24, 2.45) is 0 Å². The number of carbonyl (C=O) groups excluding carboxylic acids is 2. The minimum atomic E-state index is -4.75. The lowest BCUT2D eigenvalue weighted by molar-refractivity contribution is -0.275. The van der Waals surface area contributed by atoms with Crippen LogP contribution in [-0.4, -0.2) is 49.2 Å². The molecule has 6 rings (SSSR count). The van der Waals surface area contributed by atoms with Crippen LogP contribution in [-0.2, 0) is 22.3 Å². The monoisotopic (exact) mass is 1030 g/mol. The van der Waals surface area contributed by atoms with Crippen LogP contribution in [0.4, 0.5) is 35.9 Å². The number of alkyl halides is 6. The van der Waals surface area contributed by atoms with Gasteiger partial charge in [-0.25, -0.2) is 9.59 Å². The normalized spacial score (nSPS) is 11.1. The number of halogens is 7. The van der Waals surface area contributed by atoms with Gasteiger partial charge in [-0.15, -0.1) is 26.3 Å². The summed E-state index contributed by atoms with van der Waals surface area (Å²) >= 11 is 2.08. The molecule has 0 saturated heterocycles. The fourth-order valence-electron chi connectivity index (χ4n) is 6.15. The van der Waals surface area contributed by atoms with E-state index in [1.165, 1.54) is 62.8 Å². The van der Waals surface area contributed by atoms with Crippen molar-refractivity contribution in [1.29, 1.82) is 0 Å². The molecule has 0 radical (unpaired) electrons. The van der Waals surface area contributed by atoms with Crippen molar-refractivity contribution in [3.8, 4) is 46.0 Å². The molecule has 2 aromatic heterocycles. The Bertz CT molecular complexity index is 2440. The fraction of sp³-hybridized carbons (Fsp3) is 0.234. The van der Waals surface area contributed by atoms with Crippen LogP contribution in [0.3, 0.4) is 0 Å². The second-order valence-electron chi connectivity index (χ2n) is 14.1. The number of benzene rings is 4. The molecule has 2 heterocycles. The number of nitrogens with zero attached hydrogens (tertiary/aromatic N) is 2. The van der Waals surface area contributed by atoms with E-state index in [4.69, 9.17) is 18.9 Å². The molecule has 12 nitrogen and oxygen atoms in total. The van der Waals surface area contributed by atoms with Crippen molar-refractivity contribution in [1.82, 2.24) is 9.97 Å². The van der Waals surface area contributed by atoms with Gasteiger partial charge < -0.3 is 37.9 Å². The van der Waals surface area contributed by atoms with Gasteiger partial charge in [0.05, 0.1) is 23.5 Å². The molecule has 0 saturated carbocycles. The van der Waals surface area contributed by atoms with Crippen LogP contribution in [0.5, 0.6) is 46.0 Å². The van der Waals surface area contributed by atoms with E-state index >= 15 is 0 Å². The SMILES string of the molecule is COC(=O)Oc1c(C)c(C)nc(C)c1Cc1ccc(Oc2ccc(OC(F)(F)F)cc2)cc1.COC(=O)Oc1c(I)c(C)nc(C)c1Cc1ccc(Oc2ccc(OC(F)(F)F)cc2)cc1. The van der Waals surface area contributed by atoms with Crippen molar-refractivity contribution < 1.29 is 73.8 Å². The first-order valence-electron chi connectivity index (χ1n) is 19.5. The number of aromatic nitrogens is 2. The maximum atomic E-state index is 12.3. The third-order valence-corrected chi connectivity index (χ3v) is 10.7. The molecule has 0 aliphatic rings. The Hall–Kier alpha value is -6.77. The highest BCUT2D eigenvalue weighted by Crippen LogP contribution is 2.35. The zero-order valence-electron chi connectivity index (χ0n) is 36.3. The second kappa shape index (κ2) is 21.9. The molecule has 6 aromatic rings. The number of rotatable bonds is 12. The third kappa shape index (κ3) is 14.6. The number of pyridine rings is 2. The van der Waals surface area contributed by atoms with Gasteiger partial charge in [0.2, 0.25) is 0 Å². The van der Waals surface area contributed by atoms with Crippen LogP contribution in [0.15, 0.2) is 97.1 Å². The summed E-state index contributed by atoms with van der Waals surface area (Å²) in [6.45, 7) is 9.17. The molecular formula is C47H41F6IN2O10. The summed E-state index contributed by atoms with van der Waals surface area (Å²) in [5.74, 6) is 1.91. The molecule has 19 heteroatoms. The largest absolute Gasteiger partial charge is 0.573 e. The van der Waals surface area contributed by atoms with Crippen LogP contribution in [0, 0.1) is 38.2 Å². The van der Waals surface area contributed by atoms with Gasteiger partial charge in [-0.2, -0.15) is 0 Å². The van der Waals surface area contributed by atoms with Crippen molar-refractivity contribution in [2.45, 2.75) is 60.2 Å². The molecule has 0 aliphatic heterocycles. The van der Waals surface area contributed by atoms with E-state index in [9.17, 15) is 35.9 Å². The molecular weight excluding hydrogens is 993 g/mol. The highest BCUT2D eigenvalue weighted by molar-refractivity contribution is 14.1. The van der Waals surface area contributed by atoms with Crippen LogP contribution >= 0.6 is 22.6 Å². The van der Waals surface area contributed by atoms with E-state index in [-0.39, 0.29) is 11.5 Å². The summed E-state index contributed by atoms with van der Waals surface area (Å²) in [6.07, 6.45) is -10.2. The van der Waals surface area contributed by atoms with Gasteiger partial charge in [-0.3, -0.25) is 9.97 Å². The van der Waals surface area contributed by atoms with Crippen LogP contribution in [0.2, 0.25) is 0 Å². The first kappa shape index (κ1) is 50.2. The summed E-state index contributed by atoms with van der Waals surface area (Å²) < 4.78 is 113. The van der Waals surface area contributed by atoms with Crippen LogP contribution < -0.4 is 28.4 Å². The van der Waals surface area contributed by atoms with Gasteiger partial charge in [-0.05, 0) is 141 Å². The molecule has 66 heavy (non-hydrogen) atoms. The average molecular weight is 1030 g/mol. The van der Waals surface area contributed by atoms with Crippen molar-refractivity contribution in [3.63, 3.8) is 0 Å². The first-order chi connectivity index (χ1) is 31.1. The van der Waals surface area contributed by atoms with Crippen molar-refractivity contribution in [2.75, 3.05) is 14.2 Å². The topological polar surface area (TPSA) is 134 Å². The van der Waals surface area contributed by atoms with E-state index in [0.717, 1.165) is 54.2 Å². The van der Waals surface area contributed by atoms with Gasteiger partial charge in [0.25, 0.3) is 0 Å². The Morgan fingerprint density at radius 2 is 0.803 bits per heavy atom. The molecule has 4 aromatic carbocycles. The third-order valence-electron chi connectivity index (χ3n) is 9.39. The number of methoxy groups -OCH3 is 2. The number of hydrogen-bond acceptors (Lipinski definition) is 12. The van der Waals surface area contributed by atoms with E-state index in [1.54, 1.807) is 24.3 Å². The molecule has 348 valence electrons. The van der Waals surface area contributed by atoms with Gasteiger partial charge in [0.15, 0.2) is 5.75 Å². The van der Waals surface area contributed by atoms with E-state index in [0.29, 0.717) is 47.3 Å². The standard InChI is InChI=1S/C24H22F3NO5.C23H19F3INO5/c1-14-15(2)28-16(3)21(22(14)32-23(29)30-4)13-17-5-7-18(8-6-17)31-19-9-11-20(12-10-19)33-24(25,26)27;1-13-19(21(32-22(29)30-3)20(27)14(2)28-13)12-15-4-6-16(7-5-15)31-17-8-10-18(11-9-17)33-23(24,25)26/h5-12H,13H2,1-4H3;4-11H,12H2,1-3H3. The number of hydrogen-bond donors (Lipinski definition) is 0. The Balaban J connectivity index is 0.000000247. The number of carbonyl (C=O) groups is 2. The zero-order valence-corrected chi connectivity index (χ0v) is 38.4. The lowest BCUT2D eigenvalue weighted by Crippen LogP contribution is -2.16. The van der Waals surface area contributed by atoms with Gasteiger partial charge in [0, 0.05) is 46.6 Å². The summed E-state index contributed by atoms with van der Waals surface area (Å²) in [6, 6.07) is 24.5. The van der Waals surface area contributed by atoms with Crippen LogP contribution in [0.25, 0.3) is 0 Å². The minimum Gasteiger partial charge on any atom is -0.457 e. The summed E-state index contributed by atoms with van der Waals surface area (Å²) in [5, 5.41) is 0. The van der Waals surface area contributed by atoms with E-state index in [1.807, 2.05) is 58.9 Å². The summed E-state index contributed by atoms with van der Waals surface area (Å²) in [7, 11) is 2.49. The molecule has 0 fully saturated rings. The van der Waals surface area contributed by atoms with E-state index < -0.39 is 25.0 Å². The van der Waals surface area contributed by atoms with Crippen molar-refractivity contribution in [3.05, 3.63) is 151 Å². The minimum absolute atomic E-state index is 0.326. The molecule has 0 atom stereocenters. The number of ether oxygens (including phenoxy) is 8. The lowest BCUT2D eigenvalue weighted by Gasteiger charge is -2.16. The van der Waals surface area contributed by atoms with Gasteiger partial charge in [0.1, 0.15) is 40.2 Å². The van der Waals surface area contributed by atoms with E-state index in [2.05, 4.69) is 51.5 Å². The summed E-state index contributed by atoms with van der Waals surface area (Å²) in [5.41, 5.74) is 7.05. The highest BCUT2D eigenvalue weighted by Gasteiger charge is 2.32.